The van der Waals surface area contributed by atoms with Crippen molar-refractivity contribution in [2.24, 2.45) is 0 Å². The van der Waals surface area contributed by atoms with Crippen molar-refractivity contribution < 1.29 is 9.53 Å². The minimum absolute atomic E-state index is 0.0697. The Morgan fingerprint density at radius 2 is 2.00 bits per heavy atom. The highest BCUT2D eigenvalue weighted by Crippen LogP contribution is 2.28. The second-order valence-electron chi connectivity index (χ2n) is 5.98. The summed E-state index contributed by atoms with van der Waals surface area (Å²) in [5.41, 5.74) is 1.58. The Labute approximate surface area is 161 Å². The van der Waals surface area contributed by atoms with Crippen molar-refractivity contribution in [2.75, 3.05) is 27.7 Å². The van der Waals surface area contributed by atoms with Gasteiger partial charge in [-0.25, -0.2) is 4.98 Å². The molecule has 0 spiro atoms. The molecule has 0 bridgehead atoms. The molecule has 136 valence electrons. The van der Waals surface area contributed by atoms with Gasteiger partial charge in [0.1, 0.15) is 16.5 Å². The number of benzene rings is 1. The molecule has 26 heavy (non-hydrogen) atoms. The summed E-state index contributed by atoms with van der Waals surface area (Å²) < 4.78 is 5.21. The number of carbonyl (C=O) groups is 1. The first kappa shape index (κ1) is 18.6. The van der Waals surface area contributed by atoms with Crippen molar-refractivity contribution in [1.82, 2.24) is 15.2 Å². The van der Waals surface area contributed by atoms with Crippen molar-refractivity contribution in [1.29, 1.82) is 0 Å². The largest absolute Gasteiger partial charge is 0.497 e. The van der Waals surface area contributed by atoms with Gasteiger partial charge in [-0.2, -0.15) is 0 Å². The topological polar surface area (TPSA) is 54.5 Å². The van der Waals surface area contributed by atoms with E-state index in [9.17, 15) is 4.79 Å². The quantitative estimate of drug-likeness (QED) is 0.668. The van der Waals surface area contributed by atoms with Crippen LogP contribution < -0.4 is 10.1 Å². The van der Waals surface area contributed by atoms with Crippen LogP contribution in [0.3, 0.4) is 0 Å². The SMILES string of the molecule is COc1ccc(C(CNC(=O)c2csc(-c3cccs3)n2)N(C)C)cc1. The molecule has 0 saturated carbocycles. The zero-order valence-electron chi connectivity index (χ0n) is 14.9. The van der Waals surface area contributed by atoms with Gasteiger partial charge in [0.25, 0.3) is 5.91 Å². The van der Waals surface area contributed by atoms with Crippen LogP contribution in [0.25, 0.3) is 9.88 Å². The molecule has 1 aromatic carbocycles. The molecule has 1 N–H and O–H groups in total. The number of likely N-dealkylation sites (N-methyl/N-ethyl adjacent to an activating group) is 1. The van der Waals surface area contributed by atoms with Crippen LogP contribution in [0.2, 0.25) is 0 Å². The van der Waals surface area contributed by atoms with E-state index in [0.29, 0.717) is 12.2 Å². The highest BCUT2D eigenvalue weighted by Gasteiger charge is 2.18. The summed E-state index contributed by atoms with van der Waals surface area (Å²) in [6.07, 6.45) is 0. The van der Waals surface area contributed by atoms with Gasteiger partial charge in [0.05, 0.1) is 18.0 Å². The molecule has 1 atom stereocenters. The normalized spacial score (nSPS) is 12.2. The molecule has 0 aliphatic rings. The minimum atomic E-state index is -0.149. The van der Waals surface area contributed by atoms with E-state index in [0.717, 1.165) is 21.2 Å². The third kappa shape index (κ3) is 4.30. The van der Waals surface area contributed by atoms with Gasteiger partial charge in [0.2, 0.25) is 0 Å². The van der Waals surface area contributed by atoms with Gasteiger partial charge < -0.3 is 15.0 Å². The summed E-state index contributed by atoms with van der Waals surface area (Å²) in [5.74, 6) is 0.670. The second-order valence-corrected chi connectivity index (χ2v) is 7.78. The standard InChI is InChI=1S/C19H21N3O2S2/c1-22(2)16(13-6-8-14(24-3)9-7-13)11-20-18(23)15-12-26-19(21-15)17-5-4-10-25-17/h4-10,12,16H,11H2,1-3H3,(H,20,23). The van der Waals surface area contributed by atoms with E-state index in [1.165, 1.54) is 11.3 Å². The van der Waals surface area contributed by atoms with Crippen molar-refractivity contribution in [2.45, 2.75) is 6.04 Å². The Balaban J connectivity index is 1.66. The molecule has 7 heteroatoms. The summed E-state index contributed by atoms with van der Waals surface area (Å²) >= 11 is 3.11. The number of thiazole rings is 1. The molecule has 0 fully saturated rings. The number of nitrogens with zero attached hydrogens (tertiary/aromatic N) is 2. The van der Waals surface area contributed by atoms with Crippen LogP contribution in [0.1, 0.15) is 22.1 Å². The lowest BCUT2D eigenvalue weighted by Crippen LogP contribution is -2.34. The van der Waals surface area contributed by atoms with Gasteiger partial charge in [-0.3, -0.25) is 4.79 Å². The Kier molecular flexibility index (Phi) is 6.03. The lowest BCUT2D eigenvalue weighted by atomic mass is 10.1. The van der Waals surface area contributed by atoms with E-state index in [-0.39, 0.29) is 11.9 Å². The van der Waals surface area contributed by atoms with Gasteiger partial charge in [0.15, 0.2) is 0 Å². The van der Waals surface area contributed by atoms with Crippen LogP contribution in [0, 0.1) is 0 Å². The number of hydrogen-bond acceptors (Lipinski definition) is 6. The zero-order chi connectivity index (χ0) is 18.5. The number of aromatic nitrogens is 1. The van der Waals surface area contributed by atoms with Crippen LogP contribution in [0.15, 0.2) is 47.2 Å². The summed E-state index contributed by atoms with van der Waals surface area (Å²) in [4.78, 5) is 20.1. The van der Waals surface area contributed by atoms with Crippen LogP contribution in [0.4, 0.5) is 0 Å². The fourth-order valence-electron chi connectivity index (χ4n) is 2.60. The molecule has 2 aromatic heterocycles. The minimum Gasteiger partial charge on any atom is -0.497 e. The van der Waals surface area contributed by atoms with Crippen molar-refractivity contribution in [3.8, 4) is 15.6 Å². The third-order valence-electron chi connectivity index (χ3n) is 4.05. The van der Waals surface area contributed by atoms with E-state index in [4.69, 9.17) is 4.74 Å². The maximum atomic E-state index is 12.5. The number of methoxy groups -OCH3 is 1. The molecule has 0 saturated heterocycles. The number of hydrogen-bond donors (Lipinski definition) is 1. The Morgan fingerprint density at radius 1 is 1.23 bits per heavy atom. The molecule has 0 aliphatic carbocycles. The number of carbonyl (C=O) groups excluding carboxylic acids is 1. The molecular weight excluding hydrogens is 366 g/mol. The van der Waals surface area contributed by atoms with Gasteiger partial charge in [-0.05, 0) is 43.2 Å². The van der Waals surface area contributed by atoms with Crippen LogP contribution >= 0.6 is 22.7 Å². The molecule has 2 heterocycles. The average molecular weight is 388 g/mol. The molecule has 0 aliphatic heterocycles. The zero-order valence-corrected chi connectivity index (χ0v) is 16.6. The lowest BCUT2D eigenvalue weighted by Gasteiger charge is -2.25. The molecular formula is C19H21N3O2S2. The van der Waals surface area contributed by atoms with Gasteiger partial charge >= 0.3 is 0 Å². The third-order valence-corrected chi connectivity index (χ3v) is 5.93. The summed E-state index contributed by atoms with van der Waals surface area (Å²) in [5, 5.41) is 7.70. The van der Waals surface area contributed by atoms with E-state index < -0.39 is 0 Å². The van der Waals surface area contributed by atoms with Crippen molar-refractivity contribution >= 4 is 28.6 Å². The number of thiophene rings is 1. The first-order valence-electron chi connectivity index (χ1n) is 8.16. The van der Waals surface area contributed by atoms with Crippen molar-refractivity contribution in [3.05, 3.63) is 58.4 Å². The van der Waals surface area contributed by atoms with E-state index in [1.54, 1.807) is 18.4 Å². The highest BCUT2D eigenvalue weighted by atomic mass is 32.1. The highest BCUT2D eigenvalue weighted by molar-refractivity contribution is 7.20. The van der Waals surface area contributed by atoms with Gasteiger partial charge in [0, 0.05) is 11.9 Å². The first-order valence-corrected chi connectivity index (χ1v) is 9.92. The number of ether oxygens (including phenoxy) is 1. The van der Waals surface area contributed by atoms with E-state index in [1.807, 2.05) is 61.3 Å². The average Bonchev–Trinajstić information content (AvgIpc) is 3.33. The summed E-state index contributed by atoms with van der Waals surface area (Å²) in [7, 11) is 5.65. The summed E-state index contributed by atoms with van der Waals surface area (Å²) in [6.45, 7) is 0.504. The fourth-order valence-corrected chi connectivity index (χ4v) is 4.21. The molecule has 1 amide bonds. The first-order chi connectivity index (χ1) is 12.6. The van der Waals surface area contributed by atoms with E-state index >= 15 is 0 Å². The molecule has 5 nitrogen and oxygen atoms in total. The summed E-state index contributed by atoms with van der Waals surface area (Å²) in [6, 6.07) is 12.0. The molecule has 0 radical (unpaired) electrons. The smallest absolute Gasteiger partial charge is 0.270 e. The van der Waals surface area contributed by atoms with Crippen molar-refractivity contribution in [3.63, 3.8) is 0 Å². The Hall–Kier alpha value is -2.22. The van der Waals surface area contributed by atoms with Crippen LogP contribution in [-0.4, -0.2) is 43.5 Å². The Bertz CT molecular complexity index is 842. The number of amides is 1. The predicted octanol–water partition coefficient (Wildman–Crippen LogP) is 3.91. The maximum absolute atomic E-state index is 12.5. The monoisotopic (exact) mass is 387 g/mol. The van der Waals surface area contributed by atoms with Gasteiger partial charge in [-0.1, -0.05) is 18.2 Å². The van der Waals surface area contributed by atoms with Gasteiger partial charge in [-0.15, -0.1) is 22.7 Å². The number of nitrogens with one attached hydrogen (secondary N) is 1. The van der Waals surface area contributed by atoms with E-state index in [2.05, 4.69) is 15.2 Å². The van der Waals surface area contributed by atoms with Crippen LogP contribution in [0.5, 0.6) is 5.75 Å². The predicted molar refractivity (Wildman–Crippen MR) is 107 cm³/mol. The molecule has 3 rings (SSSR count). The molecule has 3 aromatic rings. The van der Waals surface area contributed by atoms with Crippen LogP contribution in [-0.2, 0) is 0 Å². The number of rotatable bonds is 7. The Morgan fingerprint density at radius 3 is 2.62 bits per heavy atom. The second kappa shape index (κ2) is 8.44. The molecule has 1 unspecified atom stereocenters. The fraction of sp³-hybridized carbons (Fsp3) is 0.263. The lowest BCUT2D eigenvalue weighted by molar-refractivity contribution is 0.0937. The maximum Gasteiger partial charge on any atom is 0.270 e.